The van der Waals surface area contributed by atoms with Crippen LogP contribution in [0.2, 0.25) is 0 Å². The number of amides is 1. The van der Waals surface area contributed by atoms with Crippen molar-refractivity contribution in [1.29, 1.82) is 0 Å². The summed E-state index contributed by atoms with van der Waals surface area (Å²) in [5, 5.41) is 3.04. The second-order valence-corrected chi connectivity index (χ2v) is 8.40. The van der Waals surface area contributed by atoms with E-state index < -0.39 is 10.0 Å². The van der Waals surface area contributed by atoms with Gasteiger partial charge in [0.05, 0.1) is 5.75 Å². The maximum absolute atomic E-state index is 12.5. The molecule has 0 unspecified atom stereocenters. The lowest BCUT2D eigenvalue weighted by atomic mass is 10.1. The van der Waals surface area contributed by atoms with Crippen molar-refractivity contribution in [3.63, 3.8) is 0 Å². The molecule has 0 spiro atoms. The van der Waals surface area contributed by atoms with Gasteiger partial charge < -0.3 is 10.2 Å². The van der Waals surface area contributed by atoms with Gasteiger partial charge in [-0.1, -0.05) is 0 Å². The molecule has 1 amide bonds. The van der Waals surface area contributed by atoms with E-state index in [1.807, 2.05) is 0 Å². The smallest absolute Gasteiger partial charge is 0.251 e. The Morgan fingerprint density at radius 2 is 1.93 bits per heavy atom. The van der Waals surface area contributed by atoms with Crippen LogP contribution >= 0.6 is 0 Å². The monoisotopic (exact) mass is 389 g/mol. The van der Waals surface area contributed by atoms with Crippen LogP contribution in [-0.2, 0) is 10.0 Å². The highest BCUT2D eigenvalue weighted by Gasteiger charge is 2.23. The fourth-order valence-corrected chi connectivity index (χ4v) is 3.58. The van der Waals surface area contributed by atoms with E-state index in [0.29, 0.717) is 23.7 Å². The van der Waals surface area contributed by atoms with Crippen LogP contribution in [0.4, 0.5) is 11.6 Å². The van der Waals surface area contributed by atoms with Crippen LogP contribution in [0.1, 0.15) is 30.1 Å². The second kappa shape index (κ2) is 8.34. The molecule has 144 valence electrons. The summed E-state index contributed by atoms with van der Waals surface area (Å²) >= 11 is 0. The van der Waals surface area contributed by atoms with E-state index in [2.05, 4.69) is 24.9 Å². The zero-order chi connectivity index (χ0) is 19.3. The number of aromatic nitrogens is 2. The number of nitrogens with one attached hydrogen (secondary N) is 2. The Labute approximate surface area is 159 Å². The molecule has 1 fully saturated rings. The molecule has 0 radical (unpaired) electrons. The normalized spacial score (nSPS) is 17.4. The summed E-state index contributed by atoms with van der Waals surface area (Å²) in [6.07, 6.45) is 5.25. The minimum absolute atomic E-state index is 0.00144. The number of benzene rings is 1. The van der Waals surface area contributed by atoms with Crippen molar-refractivity contribution in [3.05, 3.63) is 48.3 Å². The first kappa shape index (κ1) is 19.1. The number of carbonyl (C=O) groups is 1. The molecular formula is C18H23N5O3S. The van der Waals surface area contributed by atoms with Gasteiger partial charge >= 0.3 is 0 Å². The molecule has 9 heteroatoms. The van der Waals surface area contributed by atoms with Gasteiger partial charge in [0.15, 0.2) is 0 Å². The summed E-state index contributed by atoms with van der Waals surface area (Å²) in [5.74, 6) is 0.489. The van der Waals surface area contributed by atoms with Crippen molar-refractivity contribution >= 4 is 27.6 Å². The molecule has 0 bridgehead atoms. The zero-order valence-corrected chi connectivity index (χ0v) is 15.9. The summed E-state index contributed by atoms with van der Waals surface area (Å²) in [5.41, 5.74) is 0.931. The zero-order valence-electron chi connectivity index (χ0n) is 15.1. The summed E-state index contributed by atoms with van der Waals surface area (Å²) in [6, 6.07) is 8.19. The standard InChI is InChI=1S/C18H23N5O3S/c1-2-27(25,26)22-15-8-6-14(7-9-15)17(24)21-16-5-3-12-23(13-16)18-19-10-4-11-20-18/h4,6-11,16,22H,2-3,5,12-13H2,1H3,(H,21,24)/t16-/m1/s1. The largest absolute Gasteiger partial charge is 0.348 e. The molecule has 1 saturated heterocycles. The summed E-state index contributed by atoms with van der Waals surface area (Å²) in [6.45, 7) is 3.09. The molecule has 1 aliphatic heterocycles. The Bertz CT molecular complexity index is 872. The maximum atomic E-state index is 12.5. The van der Waals surface area contributed by atoms with Gasteiger partial charge in [-0.15, -0.1) is 0 Å². The number of sulfonamides is 1. The van der Waals surface area contributed by atoms with Gasteiger partial charge in [0.2, 0.25) is 16.0 Å². The average Bonchev–Trinajstić information content (AvgIpc) is 2.69. The number of hydrogen-bond donors (Lipinski definition) is 2. The number of hydrogen-bond acceptors (Lipinski definition) is 6. The lowest BCUT2D eigenvalue weighted by molar-refractivity contribution is 0.0933. The number of anilines is 2. The van der Waals surface area contributed by atoms with E-state index in [4.69, 9.17) is 0 Å². The predicted octanol–water partition coefficient (Wildman–Crippen LogP) is 1.64. The lowest BCUT2D eigenvalue weighted by Crippen LogP contribution is -2.48. The highest BCUT2D eigenvalue weighted by molar-refractivity contribution is 7.92. The number of rotatable bonds is 6. The van der Waals surface area contributed by atoms with Crippen molar-refractivity contribution < 1.29 is 13.2 Å². The van der Waals surface area contributed by atoms with Crippen LogP contribution in [-0.4, -0.2) is 49.2 Å². The number of nitrogens with zero attached hydrogens (tertiary/aromatic N) is 3. The Balaban J connectivity index is 1.60. The second-order valence-electron chi connectivity index (χ2n) is 6.39. The molecular weight excluding hydrogens is 366 g/mol. The number of carbonyl (C=O) groups excluding carboxylic acids is 1. The van der Waals surface area contributed by atoms with Crippen molar-refractivity contribution in [3.8, 4) is 0 Å². The Kier molecular flexibility index (Phi) is 5.90. The molecule has 0 saturated carbocycles. The first-order valence-corrected chi connectivity index (χ1v) is 10.6. The Hall–Kier alpha value is -2.68. The van der Waals surface area contributed by atoms with E-state index in [1.54, 1.807) is 49.6 Å². The summed E-state index contributed by atoms with van der Waals surface area (Å²) in [4.78, 5) is 23.1. The van der Waals surface area contributed by atoms with Gasteiger partial charge in [-0.05, 0) is 50.1 Å². The highest BCUT2D eigenvalue weighted by Crippen LogP contribution is 2.16. The predicted molar refractivity (Wildman–Crippen MR) is 104 cm³/mol. The summed E-state index contributed by atoms with van der Waals surface area (Å²) in [7, 11) is -3.33. The third-order valence-electron chi connectivity index (χ3n) is 4.39. The molecule has 3 rings (SSSR count). The van der Waals surface area contributed by atoms with E-state index in [0.717, 1.165) is 19.4 Å². The molecule has 8 nitrogen and oxygen atoms in total. The minimum atomic E-state index is -3.33. The fraction of sp³-hybridized carbons (Fsp3) is 0.389. The van der Waals surface area contributed by atoms with Gasteiger partial charge in [-0.2, -0.15) is 0 Å². The van der Waals surface area contributed by atoms with Crippen molar-refractivity contribution in [1.82, 2.24) is 15.3 Å². The molecule has 1 aliphatic rings. The molecule has 0 aliphatic carbocycles. The van der Waals surface area contributed by atoms with Gasteiger partial charge in [-0.3, -0.25) is 9.52 Å². The van der Waals surface area contributed by atoms with E-state index in [9.17, 15) is 13.2 Å². The summed E-state index contributed by atoms with van der Waals surface area (Å²) < 4.78 is 25.6. The van der Waals surface area contributed by atoms with Crippen LogP contribution in [0.5, 0.6) is 0 Å². The van der Waals surface area contributed by atoms with Gasteiger partial charge in [0.1, 0.15) is 0 Å². The third kappa shape index (κ3) is 5.16. The quantitative estimate of drug-likeness (QED) is 0.778. The van der Waals surface area contributed by atoms with Crippen molar-refractivity contribution in [2.24, 2.45) is 0 Å². The van der Waals surface area contributed by atoms with E-state index in [1.165, 1.54) is 0 Å². The van der Waals surface area contributed by atoms with Crippen LogP contribution in [0, 0.1) is 0 Å². The SMILES string of the molecule is CCS(=O)(=O)Nc1ccc(C(=O)N[C@@H]2CCCN(c3ncccn3)C2)cc1. The van der Waals surface area contributed by atoms with Crippen LogP contribution < -0.4 is 14.9 Å². The fourth-order valence-electron chi connectivity index (χ4n) is 2.94. The Morgan fingerprint density at radius 1 is 1.22 bits per heavy atom. The van der Waals surface area contributed by atoms with Crippen LogP contribution in [0.3, 0.4) is 0 Å². The van der Waals surface area contributed by atoms with Crippen molar-refractivity contribution in [2.75, 3.05) is 28.5 Å². The topological polar surface area (TPSA) is 104 Å². The first-order chi connectivity index (χ1) is 13.0. The van der Waals surface area contributed by atoms with Crippen LogP contribution in [0.25, 0.3) is 0 Å². The average molecular weight is 389 g/mol. The molecule has 1 aromatic carbocycles. The van der Waals surface area contributed by atoms with Gasteiger partial charge in [-0.25, -0.2) is 18.4 Å². The molecule has 2 N–H and O–H groups in total. The van der Waals surface area contributed by atoms with Crippen molar-refractivity contribution in [2.45, 2.75) is 25.8 Å². The molecule has 1 aromatic heterocycles. The molecule has 1 atom stereocenters. The number of piperidine rings is 1. The van der Waals surface area contributed by atoms with Gasteiger partial charge in [0, 0.05) is 42.8 Å². The minimum Gasteiger partial charge on any atom is -0.348 e. The molecule has 27 heavy (non-hydrogen) atoms. The molecule has 2 heterocycles. The molecule has 2 aromatic rings. The van der Waals surface area contributed by atoms with E-state index >= 15 is 0 Å². The first-order valence-electron chi connectivity index (χ1n) is 8.90. The third-order valence-corrected chi connectivity index (χ3v) is 5.70. The maximum Gasteiger partial charge on any atom is 0.251 e. The van der Waals surface area contributed by atoms with E-state index in [-0.39, 0.29) is 17.7 Å². The van der Waals surface area contributed by atoms with Crippen LogP contribution in [0.15, 0.2) is 42.7 Å². The van der Waals surface area contributed by atoms with Gasteiger partial charge in [0.25, 0.3) is 5.91 Å². The highest BCUT2D eigenvalue weighted by atomic mass is 32.2. The Morgan fingerprint density at radius 3 is 2.59 bits per heavy atom. The lowest BCUT2D eigenvalue weighted by Gasteiger charge is -2.33.